The molecule has 3 heterocycles. The third-order valence-corrected chi connectivity index (χ3v) is 12.4. The Hall–Kier alpha value is -3.33. The molecule has 14 heteroatoms. The van der Waals surface area contributed by atoms with E-state index in [9.17, 15) is 14.4 Å². The van der Waals surface area contributed by atoms with Gasteiger partial charge in [-0.25, -0.2) is 4.98 Å². The van der Waals surface area contributed by atoms with Gasteiger partial charge in [-0.15, -0.1) is 0 Å². The quantitative estimate of drug-likeness (QED) is 0.0808. The highest BCUT2D eigenvalue weighted by atomic mass is 79.9. The number of halogens is 4. The van der Waals surface area contributed by atoms with Crippen LogP contribution in [-0.4, -0.2) is 46.1 Å². The van der Waals surface area contributed by atoms with Crippen molar-refractivity contribution in [2.45, 2.75) is 51.2 Å². The van der Waals surface area contributed by atoms with E-state index < -0.39 is 16.9 Å². The lowest BCUT2D eigenvalue weighted by molar-refractivity contribution is -0.159. The fourth-order valence-corrected chi connectivity index (χ4v) is 8.31. The Kier molecular flexibility index (Phi) is 10.7. The number of likely N-dealkylation sites (tertiary alicyclic amines) is 1. The van der Waals surface area contributed by atoms with E-state index in [0.717, 1.165) is 11.1 Å². The topological polar surface area (TPSA) is 103 Å². The number of anilines is 1. The summed E-state index contributed by atoms with van der Waals surface area (Å²) in [5.74, 6) is -1.18. The number of imidazole rings is 1. The van der Waals surface area contributed by atoms with Crippen molar-refractivity contribution in [1.29, 1.82) is 0 Å². The van der Waals surface area contributed by atoms with Gasteiger partial charge in [0.1, 0.15) is 24.6 Å². The van der Waals surface area contributed by atoms with Gasteiger partial charge in [0.25, 0.3) is 5.91 Å². The minimum atomic E-state index is -1.41. The summed E-state index contributed by atoms with van der Waals surface area (Å²) in [6, 6.07) is 21.1. The molecule has 0 radical (unpaired) electrons. The lowest BCUT2D eigenvalue weighted by atomic mass is 9.78. The van der Waals surface area contributed by atoms with Gasteiger partial charge in [-0.2, -0.15) is 0 Å². The number of methoxy groups -OCH3 is 1. The van der Waals surface area contributed by atoms with Crippen molar-refractivity contribution < 1.29 is 28.6 Å². The maximum Gasteiger partial charge on any atom is 0.317 e. The molecule has 2 aliphatic heterocycles. The molecule has 4 aromatic rings. The van der Waals surface area contributed by atoms with Gasteiger partial charge in [0.15, 0.2) is 5.54 Å². The number of carbonyl (C=O) groups is 3. The summed E-state index contributed by atoms with van der Waals surface area (Å²) >= 11 is 17.9. The van der Waals surface area contributed by atoms with E-state index in [4.69, 9.17) is 25.8 Å². The van der Waals surface area contributed by atoms with Gasteiger partial charge in [-0.05, 0) is 78.8 Å². The van der Waals surface area contributed by atoms with E-state index in [0.29, 0.717) is 37.0 Å². The number of benzene rings is 3. The van der Waals surface area contributed by atoms with Gasteiger partial charge >= 0.3 is 5.97 Å². The van der Waals surface area contributed by atoms with E-state index in [-0.39, 0.29) is 49.0 Å². The van der Waals surface area contributed by atoms with Crippen LogP contribution in [0.3, 0.4) is 0 Å². The number of hydrogen-bond donors (Lipinski definition) is 0. The summed E-state index contributed by atoms with van der Waals surface area (Å²) in [7, 11) is 1.31. The van der Waals surface area contributed by atoms with Crippen LogP contribution < -0.4 is 4.90 Å². The third kappa shape index (κ3) is 6.48. The van der Waals surface area contributed by atoms with Gasteiger partial charge in [-0.1, -0.05) is 72.3 Å². The van der Waals surface area contributed by atoms with Gasteiger partial charge < -0.3 is 18.8 Å². The lowest BCUT2D eigenvalue weighted by Crippen LogP contribution is -2.63. The number of amides is 2. The van der Waals surface area contributed by atoms with E-state index in [1.165, 1.54) is 29.4 Å². The van der Waals surface area contributed by atoms with Crippen LogP contribution in [0.1, 0.15) is 48.3 Å². The zero-order valence-corrected chi connectivity index (χ0v) is 32.8. The van der Waals surface area contributed by atoms with Crippen molar-refractivity contribution in [2.75, 3.05) is 18.7 Å². The first-order valence-corrected chi connectivity index (χ1v) is 18.2. The highest BCUT2D eigenvalue weighted by Crippen LogP contribution is 2.57. The largest absolute Gasteiger partial charge is 0.468 e. The lowest BCUT2D eigenvalue weighted by Gasteiger charge is -2.47. The van der Waals surface area contributed by atoms with Crippen molar-refractivity contribution in [3.05, 3.63) is 121 Å². The van der Waals surface area contributed by atoms with Crippen LogP contribution in [-0.2, 0) is 59.5 Å². The van der Waals surface area contributed by atoms with Crippen molar-refractivity contribution in [2.24, 2.45) is 0 Å². The monoisotopic (exact) mass is 888 g/mol. The Balaban J connectivity index is 1.36. The molecule has 1 aromatic heterocycles. The van der Waals surface area contributed by atoms with Gasteiger partial charge in [0.05, 0.1) is 49.5 Å². The highest BCUT2D eigenvalue weighted by Gasteiger charge is 2.64. The second kappa shape index (κ2) is 14.7. The molecule has 260 valence electrons. The Morgan fingerprint density at radius 1 is 0.960 bits per heavy atom. The summed E-state index contributed by atoms with van der Waals surface area (Å²) in [6.45, 7) is 4.03. The maximum absolute atomic E-state index is 14.5. The van der Waals surface area contributed by atoms with Gasteiger partial charge in [0.2, 0.25) is 5.91 Å². The predicted molar refractivity (Wildman–Crippen MR) is 199 cm³/mol. The Labute approximate surface area is 319 Å². The molecular formula is C36H32Br3ClN4O6. The molecule has 3 aromatic carbocycles. The molecule has 1 saturated heterocycles. The zero-order chi connectivity index (χ0) is 35.8. The maximum atomic E-state index is 14.5. The van der Waals surface area contributed by atoms with E-state index in [2.05, 4.69) is 52.8 Å². The molecule has 0 bridgehead atoms. The number of carbonyl (C=O) groups excluding carboxylic acids is 3. The minimum Gasteiger partial charge on any atom is -0.468 e. The van der Waals surface area contributed by atoms with Crippen molar-refractivity contribution in [3.8, 4) is 0 Å². The molecule has 2 amide bonds. The number of aromatic nitrogens is 2. The van der Waals surface area contributed by atoms with Crippen LogP contribution in [0.4, 0.5) is 5.69 Å². The fraction of sp³-hybridized carbons (Fsp3) is 0.278. The molecule has 1 unspecified atom stereocenters. The van der Waals surface area contributed by atoms with Crippen LogP contribution in [0.15, 0.2) is 92.7 Å². The number of esters is 1. The van der Waals surface area contributed by atoms with Crippen molar-refractivity contribution in [1.82, 2.24) is 14.5 Å². The molecule has 0 N–H and O–H groups in total. The van der Waals surface area contributed by atoms with Crippen LogP contribution in [0.2, 0.25) is 0 Å². The van der Waals surface area contributed by atoms with Crippen molar-refractivity contribution >= 4 is 87.9 Å². The Morgan fingerprint density at radius 3 is 2.14 bits per heavy atom. The number of ether oxygens (including phenoxy) is 3. The molecule has 10 nitrogen and oxygen atoms in total. The van der Waals surface area contributed by atoms with E-state index >= 15 is 0 Å². The predicted octanol–water partition coefficient (Wildman–Crippen LogP) is 7.98. The van der Waals surface area contributed by atoms with Gasteiger partial charge in [0, 0.05) is 25.2 Å². The van der Waals surface area contributed by atoms with Crippen LogP contribution in [0.25, 0.3) is 5.03 Å². The third-order valence-electron chi connectivity index (χ3n) is 8.80. The van der Waals surface area contributed by atoms with Crippen molar-refractivity contribution in [3.63, 3.8) is 0 Å². The molecule has 1 spiro atoms. The standard InChI is InChI=1S/C36H32Br3ClN4O6/c1-35(2,34(47)48-3)32-31(41-19-42(32)20-49-17-22-10-6-4-7-11-22)25(40)16-44-27(45)15-36(44)28-26(14-24(37)29(38)30(28)39)43(33(36)46)21-50-18-23-12-8-5-9-13-23/h4-14,16,19H,15,17-18,20-21H2,1-3H3/b25-16+. The smallest absolute Gasteiger partial charge is 0.317 e. The first-order valence-electron chi connectivity index (χ1n) is 15.5. The summed E-state index contributed by atoms with van der Waals surface area (Å²) in [6.07, 6.45) is 2.85. The number of nitrogens with zero attached hydrogens (tertiary/aromatic N) is 4. The minimum absolute atomic E-state index is 0.0478. The van der Waals surface area contributed by atoms with Crippen LogP contribution in [0.5, 0.6) is 0 Å². The molecule has 2 aliphatic rings. The second-order valence-electron chi connectivity index (χ2n) is 12.3. The molecule has 0 aliphatic carbocycles. The second-order valence-corrected chi connectivity index (χ2v) is 15.2. The number of hydrogen-bond acceptors (Lipinski definition) is 7. The summed E-state index contributed by atoms with van der Waals surface area (Å²) < 4.78 is 20.8. The molecule has 6 rings (SSSR count). The van der Waals surface area contributed by atoms with Gasteiger partial charge in [-0.3, -0.25) is 24.2 Å². The summed E-state index contributed by atoms with van der Waals surface area (Å²) in [5, 5.41) is 0.0478. The Morgan fingerprint density at radius 2 is 1.56 bits per heavy atom. The molecular weight excluding hydrogens is 860 g/mol. The summed E-state index contributed by atoms with van der Waals surface area (Å²) in [4.78, 5) is 48.5. The van der Waals surface area contributed by atoms with E-state index in [1.807, 2.05) is 66.7 Å². The average molecular weight is 892 g/mol. The molecule has 1 atom stereocenters. The average Bonchev–Trinajstić information content (AvgIpc) is 3.65. The molecule has 50 heavy (non-hydrogen) atoms. The molecule has 0 saturated carbocycles. The number of fused-ring (bicyclic) bond motifs is 2. The number of β-lactam (4-membered cyclic amide) rings is 1. The highest BCUT2D eigenvalue weighted by molar-refractivity contribution is 9.14. The SMILES string of the molecule is COC(=O)C(C)(C)c1c(/C(Cl)=C\N2C(=O)CC23C(=O)N(COCc2ccccc2)c2cc(Br)c(Br)c(Br)c23)ncn1COCc1ccccc1. The van der Waals surface area contributed by atoms with Crippen LogP contribution >= 0.6 is 59.4 Å². The molecule has 1 fully saturated rings. The number of rotatable bonds is 12. The zero-order valence-electron chi connectivity index (χ0n) is 27.3. The van der Waals surface area contributed by atoms with E-state index in [1.54, 1.807) is 18.4 Å². The fourth-order valence-electron chi connectivity index (χ4n) is 6.34. The first-order chi connectivity index (χ1) is 23.9. The summed E-state index contributed by atoms with van der Waals surface area (Å²) in [5.41, 5.74) is 1.14. The first kappa shape index (κ1) is 36.5. The normalized spacial score (nSPS) is 17.4. The Bertz CT molecular complexity index is 1990. The van der Waals surface area contributed by atoms with Crippen LogP contribution in [0, 0.1) is 0 Å².